The van der Waals surface area contributed by atoms with Gasteiger partial charge in [0, 0.05) is 12.8 Å². The second-order valence-electron chi connectivity index (χ2n) is 16.8. The highest BCUT2D eigenvalue weighted by Crippen LogP contribution is 2.15. The van der Waals surface area contributed by atoms with Crippen LogP contribution >= 0.6 is 0 Å². The summed E-state index contributed by atoms with van der Waals surface area (Å²) in [5.41, 5.74) is 0. The van der Waals surface area contributed by atoms with Crippen molar-refractivity contribution in [3.63, 3.8) is 0 Å². The van der Waals surface area contributed by atoms with Crippen molar-refractivity contribution in [2.45, 2.75) is 225 Å². The van der Waals surface area contributed by atoms with Crippen LogP contribution in [-0.4, -0.2) is 36.4 Å². The first kappa shape index (κ1) is 60.3. The number of aliphatic hydroxyl groups excluding tert-OH is 1. The predicted molar refractivity (Wildman–Crippen MR) is 278 cm³/mol. The van der Waals surface area contributed by atoms with Gasteiger partial charge in [-0.05, 0) is 103 Å². The molecule has 0 amide bonds. The maximum atomic E-state index is 12.3. The molecule has 0 rings (SSSR count). The van der Waals surface area contributed by atoms with Crippen molar-refractivity contribution in [2.24, 2.45) is 0 Å². The summed E-state index contributed by atoms with van der Waals surface area (Å²) < 4.78 is 10.7. The van der Waals surface area contributed by atoms with Gasteiger partial charge in [-0.1, -0.05) is 225 Å². The fourth-order valence-electron chi connectivity index (χ4n) is 6.90. The molecular formula is C59H96O5. The topological polar surface area (TPSA) is 72.8 Å². The summed E-state index contributed by atoms with van der Waals surface area (Å²) in [7, 11) is 0. The number of aliphatic hydroxyl groups is 1. The second-order valence-corrected chi connectivity index (χ2v) is 16.8. The summed E-state index contributed by atoms with van der Waals surface area (Å²) >= 11 is 0. The van der Waals surface area contributed by atoms with Gasteiger partial charge in [0.15, 0.2) is 6.10 Å². The van der Waals surface area contributed by atoms with Crippen LogP contribution in [0.1, 0.15) is 219 Å². The fourth-order valence-corrected chi connectivity index (χ4v) is 6.90. The molecule has 362 valence electrons. The zero-order chi connectivity index (χ0) is 46.3. The summed E-state index contributed by atoms with van der Waals surface area (Å²) in [5.74, 6) is -0.633. The number of carbonyl (C=O) groups excluding carboxylic acids is 2. The van der Waals surface area contributed by atoms with Crippen molar-refractivity contribution >= 4 is 11.9 Å². The van der Waals surface area contributed by atoms with E-state index in [4.69, 9.17) is 9.47 Å². The molecule has 0 fully saturated rings. The molecule has 0 aromatic carbocycles. The predicted octanol–water partition coefficient (Wildman–Crippen LogP) is 17.5. The molecule has 0 saturated carbocycles. The lowest BCUT2D eigenvalue weighted by Gasteiger charge is -2.15. The number of allylic oxidation sites excluding steroid dienone is 20. The van der Waals surface area contributed by atoms with Crippen LogP contribution in [0.2, 0.25) is 0 Å². The Hall–Kier alpha value is -3.70. The van der Waals surface area contributed by atoms with Crippen molar-refractivity contribution in [1.29, 1.82) is 0 Å². The Morgan fingerprint density at radius 3 is 0.953 bits per heavy atom. The third-order valence-electron chi connectivity index (χ3n) is 10.8. The van der Waals surface area contributed by atoms with Gasteiger partial charge in [0.2, 0.25) is 0 Å². The molecule has 0 aromatic heterocycles. The Morgan fingerprint density at radius 2 is 0.625 bits per heavy atom. The molecule has 1 unspecified atom stereocenters. The van der Waals surface area contributed by atoms with E-state index in [2.05, 4.69) is 135 Å². The van der Waals surface area contributed by atoms with E-state index in [9.17, 15) is 14.7 Å². The zero-order valence-corrected chi connectivity index (χ0v) is 41.2. The fraction of sp³-hybridized carbons (Fsp3) is 0.627. The van der Waals surface area contributed by atoms with Gasteiger partial charge in [-0.2, -0.15) is 0 Å². The van der Waals surface area contributed by atoms with Gasteiger partial charge in [-0.25, -0.2) is 0 Å². The van der Waals surface area contributed by atoms with Crippen LogP contribution < -0.4 is 0 Å². The Labute approximate surface area is 394 Å². The molecule has 0 aliphatic heterocycles. The summed E-state index contributed by atoms with van der Waals surface area (Å²) in [6, 6.07) is 0. The minimum Gasteiger partial charge on any atom is -0.462 e. The van der Waals surface area contributed by atoms with Crippen LogP contribution in [0.25, 0.3) is 0 Å². The largest absolute Gasteiger partial charge is 0.462 e. The van der Waals surface area contributed by atoms with E-state index >= 15 is 0 Å². The number of unbranched alkanes of at least 4 members (excludes halogenated alkanes) is 18. The molecule has 0 aliphatic carbocycles. The molecule has 1 N–H and O–H groups in total. The Morgan fingerprint density at radius 1 is 0.359 bits per heavy atom. The van der Waals surface area contributed by atoms with Crippen LogP contribution in [0, 0.1) is 0 Å². The van der Waals surface area contributed by atoms with Crippen LogP contribution in [0.15, 0.2) is 122 Å². The minimum absolute atomic E-state index is 0.0892. The molecule has 0 saturated heterocycles. The van der Waals surface area contributed by atoms with E-state index in [1.807, 2.05) is 0 Å². The van der Waals surface area contributed by atoms with E-state index < -0.39 is 6.10 Å². The smallest absolute Gasteiger partial charge is 0.306 e. The Balaban J connectivity index is 3.56. The first-order valence-electron chi connectivity index (χ1n) is 26.1. The van der Waals surface area contributed by atoms with Crippen molar-refractivity contribution < 1.29 is 24.2 Å². The first-order chi connectivity index (χ1) is 31.6. The third-order valence-corrected chi connectivity index (χ3v) is 10.8. The summed E-state index contributed by atoms with van der Waals surface area (Å²) in [5, 5.41) is 9.63. The quantitative estimate of drug-likeness (QED) is 0.0375. The number of rotatable bonds is 46. The standard InChI is InChI=1S/C59H96O5/c1-3-5-7-9-11-13-15-17-19-21-23-24-25-26-27-28-29-30-31-32-33-34-36-38-40-42-44-46-48-50-52-54-59(62)64-57(55-60)56-63-58(61)53-51-49-47-45-43-41-39-37-35-22-20-18-16-14-12-10-8-6-4-2/h5-8,11-14,17-20,23-24,26-27,35,37,41,43,57,60H,3-4,9-10,15-16,21-22,25,28-34,36,38-40,42,44-56H2,1-2H3/b7-5-,8-6-,13-11-,14-12-,19-17-,20-18-,24-23-,27-26-,37-35-,43-41-. The van der Waals surface area contributed by atoms with Crippen molar-refractivity contribution in [1.82, 2.24) is 0 Å². The Bertz CT molecular complexity index is 1320. The van der Waals surface area contributed by atoms with Crippen molar-refractivity contribution in [2.75, 3.05) is 13.2 Å². The monoisotopic (exact) mass is 885 g/mol. The molecule has 5 heteroatoms. The van der Waals surface area contributed by atoms with Crippen LogP contribution in [0.3, 0.4) is 0 Å². The molecular weight excluding hydrogens is 789 g/mol. The van der Waals surface area contributed by atoms with E-state index in [0.717, 1.165) is 109 Å². The SMILES string of the molecule is CC/C=C\C/C=C\C/C=C\C/C=C\C/C=C\CCCCCCCCCCCCCCCCCC(=O)OC(CO)COC(=O)CCCCC/C=C\C/C=C\C/C=C\C/C=C\C/C=C\CC. The average molecular weight is 885 g/mol. The summed E-state index contributed by atoms with van der Waals surface area (Å²) in [4.78, 5) is 24.5. The molecule has 64 heavy (non-hydrogen) atoms. The lowest BCUT2D eigenvalue weighted by Crippen LogP contribution is -2.28. The van der Waals surface area contributed by atoms with E-state index in [-0.39, 0.29) is 25.2 Å². The molecule has 0 heterocycles. The zero-order valence-electron chi connectivity index (χ0n) is 41.2. The van der Waals surface area contributed by atoms with Crippen molar-refractivity contribution in [3.8, 4) is 0 Å². The number of hydrogen-bond acceptors (Lipinski definition) is 5. The summed E-state index contributed by atoms with van der Waals surface area (Å²) in [6.07, 6.45) is 78.7. The molecule has 0 bridgehead atoms. The molecule has 0 aromatic rings. The van der Waals surface area contributed by atoms with Gasteiger partial charge in [-0.15, -0.1) is 0 Å². The normalized spacial score (nSPS) is 13.2. The minimum atomic E-state index is -0.794. The highest BCUT2D eigenvalue weighted by molar-refractivity contribution is 5.70. The van der Waals surface area contributed by atoms with Crippen LogP contribution in [0.5, 0.6) is 0 Å². The molecule has 0 radical (unpaired) electrons. The molecule has 0 spiro atoms. The second kappa shape index (κ2) is 53.6. The van der Waals surface area contributed by atoms with Gasteiger partial charge >= 0.3 is 11.9 Å². The van der Waals surface area contributed by atoms with Gasteiger partial charge in [0.25, 0.3) is 0 Å². The van der Waals surface area contributed by atoms with E-state index in [1.54, 1.807) is 0 Å². The summed E-state index contributed by atoms with van der Waals surface area (Å²) in [6.45, 7) is 3.88. The number of carbonyl (C=O) groups is 2. The maximum Gasteiger partial charge on any atom is 0.306 e. The van der Waals surface area contributed by atoms with Gasteiger partial charge < -0.3 is 14.6 Å². The van der Waals surface area contributed by atoms with Crippen LogP contribution in [0.4, 0.5) is 0 Å². The van der Waals surface area contributed by atoms with Crippen molar-refractivity contribution in [3.05, 3.63) is 122 Å². The average Bonchev–Trinajstić information content (AvgIpc) is 3.30. The number of hydrogen-bond donors (Lipinski definition) is 1. The van der Waals surface area contributed by atoms with Gasteiger partial charge in [0.05, 0.1) is 6.61 Å². The molecule has 1 atom stereocenters. The number of ether oxygens (including phenoxy) is 2. The first-order valence-corrected chi connectivity index (χ1v) is 26.1. The molecule has 0 aliphatic rings. The van der Waals surface area contributed by atoms with Gasteiger partial charge in [-0.3, -0.25) is 9.59 Å². The van der Waals surface area contributed by atoms with Crippen LogP contribution in [-0.2, 0) is 19.1 Å². The highest BCUT2D eigenvalue weighted by Gasteiger charge is 2.16. The maximum absolute atomic E-state index is 12.3. The molecule has 5 nitrogen and oxygen atoms in total. The van der Waals surface area contributed by atoms with E-state index in [1.165, 1.54) is 83.5 Å². The Kier molecular flexibility index (Phi) is 50.5. The third kappa shape index (κ3) is 50.9. The lowest BCUT2D eigenvalue weighted by molar-refractivity contribution is -0.161. The van der Waals surface area contributed by atoms with Gasteiger partial charge in [0.1, 0.15) is 6.61 Å². The highest BCUT2D eigenvalue weighted by atomic mass is 16.6. The van der Waals surface area contributed by atoms with E-state index in [0.29, 0.717) is 12.8 Å². The number of esters is 2. The lowest BCUT2D eigenvalue weighted by atomic mass is 10.0.